The first-order valence-corrected chi connectivity index (χ1v) is 7.26. The molecule has 8 nitrogen and oxygen atoms in total. The Morgan fingerprint density at radius 2 is 1.80 bits per heavy atom. The van der Waals surface area contributed by atoms with Crippen LogP contribution in [0.1, 0.15) is 0 Å². The molecule has 0 atom stereocenters. The highest BCUT2D eigenvalue weighted by atomic mass is 32.2. The van der Waals surface area contributed by atoms with Gasteiger partial charge in [0.05, 0.1) is 17.8 Å². The Bertz CT molecular complexity index is 559. The Kier molecular flexibility index (Phi) is 5.78. The number of urea groups is 1. The summed E-state index contributed by atoms with van der Waals surface area (Å²) in [6.45, 7) is -0.0914. The highest BCUT2D eigenvalue weighted by Crippen LogP contribution is 2.08. The maximum Gasteiger partial charge on any atom is 0.425 e. The van der Waals surface area contributed by atoms with Crippen molar-refractivity contribution in [1.29, 1.82) is 0 Å². The van der Waals surface area contributed by atoms with Crippen molar-refractivity contribution >= 4 is 22.0 Å². The van der Waals surface area contributed by atoms with Gasteiger partial charge >= 0.3 is 12.1 Å². The van der Waals surface area contributed by atoms with Gasteiger partial charge in [0.1, 0.15) is 0 Å². The number of amides is 3. The smallest absolute Gasteiger partial charge is 0.425 e. The fraction of sp³-hybridized carbons (Fsp3) is 0.273. The van der Waals surface area contributed by atoms with Crippen LogP contribution in [0.3, 0.4) is 0 Å². The Hall–Kier alpha value is -2.29. The third-order valence-electron chi connectivity index (χ3n) is 2.22. The molecule has 0 aliphatic rings. The summed E-state index contributed by atoms with van der Waals surface area (Å²) in [6, 6.07) is 7.17. The van der Waals surface area contributed by atoms with Gasteiger partial charge in [0.25, 0.3) is 0 Å². The maximum absolute atomic E-state index is 11.9. The van der Waals surface area contributed by atoms with Crippen LogP contribution >= 0.6 is 0 Å². The third kappa shape index (κ3) is 5.14. The van der Waals surface area contributed by atoms with E-state index in [-0.39, 0.29) is 17.2 Å². The van der Waals surface area contributed by atoms with Crippen molar-refractivity contribution in [3.8, 4) is 0 Å². The summed E-state index contributed by atoms with van der Waals surface area (Å²) in [6.07, 6.45) is -0.836. The Balaban J connectivity index is 2.37. The molecule has 110 valence electrons. The van der Waals surface area contributed by atoms with Crippen LogP contribution in [0.15, 0.2) is 35.2 Å². The molecule has 0 fully saturated rings. The second-order valence-corrected chi connectivity index (χ2v) is 5.74. The molecule has 0 aliphatic heterocycles. The van der Waals surface area contributed by atoms with Crippen molar-refractivity contribution in [3.05, 3.63) is 30.3 Å². The zero-order chi connectivity index (χ0) is 15.0. The molecular weight excluding hydrogens is 286 g/mol. The highest BCUT2D eigenvalue weighted by molar-refractivity contribution is 7.91. The fourth-order valence-corrected chi connectivity index (χ4v) is 2.43. The minimum atomic E-state index is -3.45. The van der Waals surface area contributed by atoms with Gasteiger partial charge < -0.3 is 10.1 Å². The number of methoxy groups -OCH3 is 1. The van der Waals surface area contributed by atoms with Crippen molar-refractivity contribution < 1.29 is 22.7 Å². The number of hydrazine groups is 1. The zero-order valence-corrected chi connectivity index (χ0v) is 11.6. The van der Waals surface area contributed by atoms with Crippen LogP contribution in [0.25, 0.3) is 0 Å². The molecule has 0 aliphatic carbocycles. The maximum atomic E-state index is 11.9. The summed E-state index contributed by atoms with van der Waals surface area (Å²) in [5.41, 5.74) is 3.93. The quantitative estimate of drug-likeness (QED) is 0.679. The van der Waals surface area contributed by atoms with Gasteiger partial charge in [0.15, 0.2) is 9.84 Å². The lowest BCUT2D eigenvalue weighted by atomic mass is 10.4. The number of ether oxygens (including phenoxy) is 1. The number of rotatable bonds is 4. The van der Waals surface area contributed by atoms with Gasteiger partial charge in [0.2, 0.25) is 0 Å². The summed E-state index contributed by atoms with van der Waals surface area (Å²) >= 11 is 0. The lowest BCUT2D eigenvalue weighted by Crippen LogP contribution is -2.47. The van der Waals surface area contributed by atoms with E-state index in [4.69, 9.17) is 0 Å². The Morgan fingerprint density at radius 3 is 2.40 bits per heavy atom. The summed E-state index contributed by atoms with van der Waals surface area (Å²) in [5, 5.41) is 2.29. The number of hydrogen-bond donors (Lipinski definition) is 3. The van der Waals surface area contributed by atoms with Crippen LogP contribution in [0.5, 0.6) is 0 Å². The van der Waals surface area contributed by atoms with Crippen LogP contribution in [-0.2, 0) is 14.6 Å². The molecule has 0 saturated carbocycles. The molecule has 0 radical (unpaired) electrons. The normalized spacial score (nSPS) is 10.4. The van der Waals surface area contributed by atoms with Gasteiger partial charge in [-0.25, -0.2) is 28.9 Å². The average Bonchev–Trinajstić information content (AvgIpc) is 2.45. The van der Waals surface area contributed by atoms with Crippen molar-refractivity contribution in [3.63, 3.8) is 0 Å². The largest absolute Gasteiger partial charge is 0.452 e. The molecule has 0 spiro atoms. The molecule has 0 bridgehead atoms. The molecule has 0 heterocycles. The van der Waals surface area contributed by atoms with Gasteiger partial charge in [-0.1, -0.05) is 18.2 Å². The van der Waals surface area contributed by atoms with E-state index < -0.39 is 22.0 Å². The Labute approximate surface area is 116 Å². The lowest BCUT2D eigenvalue weighted by Gasteiger charge is -2.08. The van der Waals surface area contributed by atoms with Gasteiger partial charge in [0, 0.05) is 6.54 Å². The van der Waals surface area contributed by atoms with Gasteiger partial charge in [-0.2, -0.15) is 0 Å². The average molecular weight is 301 g/mol. The van der Waals surface area contributed by atoms with Crippen molar-refractivity contribution in [2.24, 2.45) is 0 Å². The van der Waals surface area contributed by atoms with Crippen LogP contribution in [-0.4, -0.2) is 39.9 Å². The molecule has 0 saturated heterocycles. The first-order valence-electron chi connectivity index (χ1n) is 5.61. The van der Waals surface area contributed by atoms with Crippen molar-refractivity contribution in [2.75, 3.05) is 19.4 Å². The molecule has 3 N–H and O–H groups in total. The first-order chi connectivity index (χ1) is 9.45. The summed E-state index contributed by atoms with van der Waals surface area (Å²) in [7, 11) is -2.31. The van der Waals surface area contributed by atoms with E-state index in [1.165, 1.54) is 12.1 Å². The van der Waals surface area contributed by atoms with Gasteiger partial charge in [-0.05, 0) is 12.1 Å². The van der Waals surface area contributed by atoms with Crippen LogP contribution < -0.4 is 16.2 Å². The third-order valence-corrected chi connectivity index (χ3v) is 3.95. The second kappa shape index (κ2) is 7.34. The van der Waals surface area contributed by atoms with E-state index in [9.17, 15) is 18.0 Å². The molecule has 0 aromatic heterocycles. The SMILES string of the molecule is COC(=O)NNC(=O)NCCS(=O)(=O)c1ccccc1. The molecule has 1 aromatic carbocycles. The van der Waals surface area contributed by atoms with Gasteiger partial charge in [-0.3, -0.25) is 0 Å². The summed E-state index contributed by atoms with van der Waals surface area (Å²) in [5.74, 6) is -0.247. The number of nitrogens with one attached hydrogen (secondary N) is 3. The summed E-state index contributed by atoms with van der Waals surface area (Å²) in [4.78, 5) is 22.1. The first kappa shape index (κ1) is 15.8. The predicted octanol–water partition coefficient (Wildman–Crippen LogP) is 0.0305. The standard InChI is InChI=1S/C11H15N3O5S/c1-19-11(16)14-13-10(15)12-7-8-20(17,18)9-5-3-2-4-6-9/h2-6H,7-8H2,1H3,(H,14,16)(H2,12,13,15). The Morgan fingerprint density at radius 1 is 1.15 bits per heavy atom. The number of benzene rings is 1. The minimum absolute atomic E-state index is 0.0914. The van der Waals surface area contributed by atoms with E-state index in [2.05, 4.69) is 10.1 Å². The monoisotopic (exact) mass is 301 g/mol. The minimum Gasteiger partial charge on any atom is -0.452 e. The van der Waals surface area contributed by atoms with Crippen molar-refractivity contribution in [1.82, 2.24) is 16.2 Å². The van der Waals surface area contributed by atoms with Crippen LogP contribution in [0, 0.1) is 0 Å². The second-order valence-electron chi connectivity index (χ2n) is 3.63. The molecule has 20 heavy (non-hydrogen) atoms. The number of carbonyl (C=O) groups excluding carboxylic acids is 2. The number of sulfone groups is 1. The van der Waals surface area contributed by atoms with E-state index in [1.807, 2.05) is 10.9 Å². The van der Waals surface area contributed by atoms with Gasteiger partial charge in [-0.15, -0.1) is 0 Å². The van der Waals surface area contributed by atoms with E-state index in [0.717, 1.165) is 7.11 Å². The van der Waals surface area contributed by atoms with Crippen LogP contribution in [0.4, 0.5) is 9.59 Å². The van der Waals surface area contributed by atoms with E-state index >= 15 is 0 Å². The topological polar surface area (TPSA) is 114 Å². The lowest BCUT2D eigenvalue weighted by molar-refractivity contribution is 0.165. The molecule has 3 amide bonds. The molecule has 1 aromatic rings. The molecular formula is C11H15N3O5S. The van der Waals surface area contributed by atoms with Crippen molar-refractivity contribution in [2.45, 2.75) is 4.90 Å². The summed E-state index contributed by atoms with van der Waals surface area (Å²) < 4.78 is 28.0. The molecule has 9 heteroatoms. The molecule has 1 rings (SSSR count). The number of carbonyl (C=O) groups is 2. The highest BCUT2D eigenvalue weighted by Gasteiger charge is 2.14. The van der Waals surface area contributed by atoms with Crippen LogP contribution in [0.2, 0.25) is 0 Å². The molecule has 0 unspecified atom stereocenters. The van der Waals surface area contributed by atoms with E-state index in [1.54, 1.807) is 18.2 Å². The zero-order valence-electron chi connectivity index (χ0n) is 10.8. The number of hydrogen-bond acceptors (Lipinski definition) is 5. The predicted molar refractivity (Wildman–Crippen MR) is 70.6 cm³/mol. The van der Waals surface area contributed by atoms with E-state index in [0.29, 0.717) is 0 Å². The fourth-order valence-electron chi connectivity index (χ4n) is 1.25.